The molecule has 2 fully saturated rings. The number of rotatable bonds is 3. The van der Waals surface area contributed by atoms with Crippen molar-refractivity contribution in [1.29, 1.82) is 0 Å². The van der Waals surface area contributed by atoms with Crippen molar-refractivity contribution >= 4 is 11.0 Å². The van der Waals surface area contributed by atoms with Crippen molar-refractivity contribution in [2.24, 2.45) is 0 Å². The predicted octanol–water partition coefficient (Wildman–Crippen LogP) is 1.98. The summed E-state index contributed by atoms with van der Waals surface area (Å²) >= 11 is 0. The van der Waals surface area contributed by atoms with Gasteiger partial charge in [0.15, 0.2) is 0 Å². The van der Waals surface area contributed by atoms with Crippen LogP contribution in [0.1, 0.15) is 25.7 Å². The maximum Gasteiger partial charge on any atom is 0.226 e. The number of hydrogen-bond donors (Lipinski definition) is 1. The zero-order valence-corrected chi connectivity index (χ0v) is 12.7. The minimum absolute atomic E-state index is 0.269. The highest BCUT2D eigenvalue weighted by atomic mass is 16.5. The highest BCUT2D eigenvalue weighted by Crippen LogP contribution is 2.28. The molecule has 118 valence electrons. The molecule has 1 saturated heterocycles. The van der Waals surface area contributed by atoms with Crippen molar-refractivity contribution < 1.29 is 9.47 Å². The van der Waals surface area contributed by atoms with E-state index >= 15 is 0 Å². The highest BCUT2D eigenvalue weighted by molar-refractivity contribution is 5.80. The second-order valence-corrected chi connectivity index (χ2v) is 6.12. The molecule has 2 aromatic heterocycles. The lowest BCUT2D eigenvalue weighted by molar-refractivity contribution is -0.00126. The molecule has 0 aromatic carbocycles. The summed E-state index contributed by atoms with van der Waals surface area (Å²) in [5.41, 5.74) is 0.840. The van der Waals surface area contributed by atoms with Gasteiger partial charge < -0.3 is 14.5 Å². The average Bonchev–Trinajstić information content (AvgIpc) is 3.06. The van der Waals surface area contributed by atoms with Crippen molar-refractivity contribution in [2.75, 3.05) is 26.3 Å². The second kappa shape index (κ2) is 6.22. The third-order valence-corrected chi connectivity index (χ3v) is 4.80. The van der Waals surface area contributed by atoms with E-state index in [0.29, 0.717) is 11.9 Å². The van der Waals surface area contributed by atoms with Crippen molar-refractivity contribution in [3.8, 4) is 5.88 Å². The van der Waals surface area contributed by atoms with Gasteiger partial charge in [0.1, 0.15) is 18.1 Å². The number of hydrogen-bond acceptors (Lipinski definition) is 5. The average molecular weight is 302 g/mol. The van der Waals surface area contributed by atoms with Gasteiger partial charge >= 0.3 is 0 Å². The molecule has 0 amide bonds. The number of H-pyrrole nitrogens is 1. The van der Waals surface area contributed by atoms with E-state index in [-0.39, 0.29) is 6.10 Å². The quantitative estimate of drug-likeness (QED) is 0.939. The Hall–Kier alpha value is -1.66. The summed E-state index contributed by atoms with van der Waals surface area (Å²) in [7, 11) is 0. The van der Waals surface area contributed by atoms with Gasteiger partial charge in [0.2, 0.25) is 5.88 Å². The maximum atomic E-state index is 6.15. The molecule has 2 aliphatic rings. The fourth-order valence-electron chi connectivity index (χ4n) is 3.57. The minimum atomic E-state index is 0.269. The maximum absolute atomic E-state index is 6.15. The monoisotopic (exact) mass is 302 g/mol. The molecule has 3 heterocycles. The van der Waals surface area contributed by atoms with Crippen LogP contribution < -0.4 is 4.74 Å². The first-order valence-electron chi connectivity index (χ1n) is 8.17. The van der Waals surface area contributed by atoms with E-state index < -0.39 is 0 Å². The highest BCUT2D eigenvalue weighted by Gasteiger charge is 2.28. The fraction of sp³-hybridized carbons (Fsp3) is 0.625. The van der Waals surface area contributed by atoms with Crippen LogP contribution in [0, 0.1) is 0 Å². The number of aromatic amines is 1. The molecule has 22 heavy (non-hydrogen) atoms. The van der Waals surface area contributed by atoms with Crippen LogP contribution in [-0.2, 0) is 4.74 Å². The van der Waals surface area contributed by atoms with Gasteiger partial charge in [-0.15, -0.1) is 0 Å². The Bertz CT molecular complexity index is 615. The Balaban J connectivity index is 1.36. The lowest BCUT2D eigenvalue weighted by Gasteiger charge is -2.38. The Morgan fingerprint density at radius 1 is 1.14 bits per heavy atom. The molecule has 1 aliphatic heterocycles. The van der Waals surface area contributed by atoms with Crippen LogP contribution in [0.3, 0.4) is 0 Å². The molecular weight excluding hydrogens is 280 g/mol. The third kappa shape index (κ3) is 2.80. The van der Waals surface area contributed by atoms with E-state index in [1.807, 2.05) is 12.3 Å². The number of ether oxygens (including phenoxy) is 2. The molecule has 0 radical (unpaired) electrons. The summed E-state index contributed by atoms with van der Waals surface area (Å²) in [6.07, 6.45) is 8.30. The van der Waals surface area contributed by atoms with Crippen LogP contribution in [0.4, 0.5) is 0 Å². The number of fused-ring (bicyclic) bond motifs is 1. The van der Waals surface area contributed by atoms with Crippen molar-refractivity contribution in [2.45, 2.75) is 37.8 Å². The van der Waals surface area contributed by atoms with Gasteiger partial charge in [0.25, 0.3) is 0 Å². The SMILES string of the molecule is c1nc(OC2CCC(N3CCOCC3)CC2)c2cc[nH]c2n1. The third-order valence-electron chi connectivity index (χ3n) is 4.80. The number of morpholine rings is 1. The van der Waals surface area contributed by atoms with Crippen LogP contribution >= 0.6 is 0 Å². The molecule has 0 unspecified atom stereocenters. The molecule has 6 nitrogen and oxygen atoms in total. The summed E-state index contributed by atoms with van der Waals surface area (Å²) in [4.78, 5) is 14.2. The number of nitrogens with zero attached hydrogens (tertiary/aromatic N) is 3. The van der Waals surface area contributed by atoms with Crippen LogP contribution in [0.2, 0.25) is 0 Å². The Labute approximate surface area is 129 Å². The van der Waals surface area contributed by atoms with Gasteiger partial charge in [-0.1, -0.05) is 0 Å². The largest absolute Gasteiger partial charge is 0.474 e. The summed E-state index contributed by atoms with van der Waals surface area (Å²) < 4.78 is 11.6. The van der Waals surface area contributed by atoms with Gasteiger partial charge in [-0.3, -0.25) is 4.90 Å². The summed E-state index contributed by atoms with van der Waals surface area (Å²) in [6, 6.07) is 2.67. The number of aromatic nitrogens is 3. The first kappa shape index (κ1) is 14.0. The van der Waals surface area contributed by atoms with Gasteiger partial charge in [-0.05, 0) is 31.7 Å². The molecule has 4 rings (SSSR count). The van der Waals surface area contributed by atoms with E-state index in [2.05, 4.69) is 19.9 Å². The van der Waals surface area contributed by atoms with Gasteiger partial charge in [-0.25, -0.2) is 9.97 Å². The molecule has 6 heteroatoms. The molecule has 2 aromatic rings. The van der Waals surface area contributed by atoms with Crippen molar-refractivity contribution in [3.63, 3.8) is 0 Å². The smallest absolute Gasteiger partial charge is 0.226 e. The van der Waals surface area contributed by atoms with E-state index in [9.17, 15) is 0 Å². The van der Waals surface area contributed by atoms with Crippen molar-refractivity contribution in [3.05, 3.63) is 18.6 Å². The first-order chi connectivity index (χ1) is 10.9. The number of nitrogens with one attached hydrogen (secondary N) is 1. The minimum Gasteiger partial charge on any atom is -0.474 e. The van der Waals surface area contributed by atoms with E-state index in [1.54, 1.807) is 6.33 Å². The van der Waals surface area contributed by atoms with E-state index in [0.717, 1.165) is 50.2 Å². The normalized spacial score (nSPS) is 27.1. The first-order valence-corrected chi connectivity index (χ1v) is 8.17. The summed E-state index contributed by atoms with van der Waals surface area (Å²) in [5.74, 6) is 0.709. The lowest BCUT2D eigenvalue weighted by Crippen LogP contribution is -2.46. The predicted molar refractivity (Wildman–Crippen MR) is 83.0 cm³/mol. The fourth-order valence-corrected chi connectivity index (χ4v) is 3.57. The zero-order valence-electron chi connectivity index (χ0n) is 12.7. The molecule has 1 aliphatic carbocycles. The zero-order chi connectivity index (χ0) is 14.8. The molecule has 0 atom stereocenters. The van der Waals surface area contributed by atoms with Crippen LogP contribution in [0.25, 0.3) is 11.0 Å². The van der Waals surface area contributed by atoms with Gasteiger partial charge in [0.05, 0.1) is 18.6 Å². The van der Waals surface area contributed by atoms with Crippen molar-refractivity contribution in [1.82, 2.24) is 19.9 Å². The molecule has 0 bridgehead atoms. The Morgan fingerprint density at radius 3 is 2.77 bits per heavy atom. The molecule has 1 N–H and O–H groups in total. The van der Waals surface area contributed by atoms with E-state index in [4.69, 9.17) is 9.47 Å². The standard InChI is InChI=1S/C16H22N4O2/c1-3-13(4-2-12(1)20-7-9-21-10-8-20)22-16-14-5-6-17-15(14)18-11-19-16/h5-6,11-13H,1-4,7-10H2,(H,17,18,19). The van der Waals surface area contributed by atoms with Crippen LogP contribution in [0.5, 0.6) is 5.88 Å². The molecule has 1 saturated carbocycles. The Morgan fingerprint density at radius 2 is 1.95 bits per heavy atom. The summed E-state index contributed by atoms with van der Waals surface area (Å²) in [6.45, 7) is 3.91. The summed E-state index contributed by atoms with van der Waals surface area (Å²) in [5, 5.41) is 0.970. The molecule has 0 spiro atoms. The van der Waals surface area contributed by atoms with E-state index in [1.165, 1.54) is 12.8 Å². The van der Waals surface area contributed by atoms with Crippen LogP contribution in [0.15, 0.2) is 18.6 Å². The molecular formula is C16H22N4O2. The van der Waals surface area contributed by atoms with Crippen LogP contribution in [-0.4, -0.2) is 58.3 Å². The lowest BCUT2D eigenvalue weighted by atomic mass is 9.91. The second-order valence-electron chi connectivity index (χ2n) is 6.12. The van der Waals surface area contributed by atoms with Gasteiger partial charge in [0, 0.05) is 25.3 Å². The Kier molecular flexibility index (Phi) is 3.95. The topological polar surface area (TPSA) is 63.3 Å². The van der Waals surface area contributed by atoms with Gasteiger partial charge in [-0.2, -0.15) is 0 Å².